The SMILES string of the molecule is CC(C)(C)NCC1CC12CCC(c1ccccc1)CC2. The summed E-state index contributed by atoms with van der Waals surface area (Å²) in [5, 5.41) is 3.70. The molecule has 1 atom stereocenters. The van der Waals surface area contributed by atoms with Crippen LogP contribution < -0.4 is 5.32 Å². The summed E-state index contributed by atoms with van der Waals surface area (Å²) in [7, 11) is 0. The summed E-state index contributed by atoms with van der Waals surface area (Å²) < 4.78 is 0. The lowest BCUT2D eigenvalue weighted by molar-refractivity contribution is 0.271. The molecule has 110 valence electrons. The average Bonchev–Trinajstić information content (AvgIpc) is 3.10. The maximum atomic E-state index is 3.70. The van der Waals surface area contributed by atoms with Crippen molar-refractivity contribution in [1.82, 2.24) is 5.32 Å². The van der Waals surface area contributed by atoms with Gasteiger partial charge in [0, 0.05) is 5.54 Å². The van der Waals surface area contributed by atoms with Crippen LogP contribution in [0.1, 0.15) is 64.4 Å². The molecule has 0 radical (unpaired) electrons. The van der Waals surface area contributed by atoms with E-state index in [4.69, 9.17) is 0 Å². The predicted octanol–water partition coefficient (Wildman–Crippen LogP) is 4.74. The van der Waals surface area contributed by atoms with Crippen LogP contribution in [0.25, 0.3) is 0 Å². The van der Waals surface area contributed by atoms with Gasteiger partial charge in [-0.25, -0.2) is 0 Å². The quantitative estimate of drug-likeness (QED) is 0.837. The van der Waals surface area contributed by atoms with E-state index in [0.29, 0.717) is 5.41 Å². The molecule has 3 rings (SSSR count). The van der Waals surface area contributed by atoms with Crippen molar-refractivity contribution in [1.29, 1.82) is 0 Å². The molecule has 1 aromatic carbocycles. The third-order valence-electron chi connectivity index (χ3n) is 5.49. The molecule has 0 saturated heterocycles. The lowest BCUT2D eigenvalue weighted by Gasteiger charge is -2.30. The Morgan fingerprint density at radius 3 is 2.35 bits per heavy atom. The molecule has 1 spiro atoms. The van der Waals surface area contributed by atoms with Crippen molar-refractivity contribution in [3.8, 4) is 0 Å². The van der Waals surface area contributed by atoms with E-state index in [9.17, 15) is 0 Å². The summed E-state index contributed by atoms with van der Waals surface area (Å²) >= 11 is 0. The molecule has 1 N–H and O–H groups in total. The summed E-state index contributed by atoms with van der Waals surface area (Å²) in [6, 6.07) is 11.1. The Balaban J connectivity index is 1.50. The lowest BCUT2D eigenvalue weighted by Crippen LogP contribution is -2.38. The van der Waals surface area contributed by atoms with Crippen LogP contribution in [-0.4, -0.2) is 12.1 Å². The number of hydrogen-bond acceptors (Lipinski definition) is 1. The van der Waals surface area contributed by atoms with E-state index in [-0.39, 0.29) is 5.54 Å². The van der Waals surface area contributed by atoms with Gasteiger partial charge in [0.25, 0.3) is 0 Å². The third-order valence-corrected chi connectivity index (χ3v) is 5.49. The van der Waals surface area contributed by atoms with E-state index in [0.717, 1.165) is 11.8 Å². The second-order valence-electron chi connectivity index (χ2n) is 8.08. The first kappa shape index (κ1) is 14.1. The van der Waals surface area contributed by atoms with Crippen LogP contribution in [0.3, 0.4) is 0 Å². The molecule has 2 fully saturated rings. The molecule has 1 unspecified atom stereocenters. The van der Waals surface area contributed by atoms with Crippen LogP contribution in [0, 0.1) is 11.3 Å². The Hall–Kier alpha value is -0.820. The predicted molar refractivity (Wildman–Crippen MR) is 85.9 cm³/mol. The van der Waals surface area contributed by atoms with Crippen LogP contribution >= 0.6 is 0 Å². The van der Waals surface area contributed by atoms with Gasteiger partial charge in [-0.15, -0.1) is 0 Å². The first-order valence-electron chi connectivity index (χ1n) is 8.29. The highest BCUT2D eigenvalue weighted by Crippen LogP contribution is 2.62. The zero-order valence-electron chi connectivity index (χ0n) is 13.3. The Morgan fingerprint density at radius 2 is 1.75 bits per heavy atom. The van der Waals surface area contributed by atoms with Crippen molar-refractivity contribution in [3.05, 3.63) is 35.9 Å². The molecule has 1 aromatic rings. The molecule has 2 aliphatic carbocycles. The van der Waals surface area contributed by atoms with Crippen molar-refractivity contribution in [2.45, 2.75) is 64.3 Å². The maximum Gasteiger partial charge on any atom is 0.00966 e. The van der Waals surface area contributed by atoms with Crippen LogP contribution in [0.4, 0.5) is 0 Å². The molecular weight excluding hydrogens is 242 g/mol. The van der Waals surface area contributed by atoms with E-state index >= 15 is 0 Å². The van der Waals surface area contributed by atoms with Gasteiger partial charge < -0.3 is 5.32 Å². The minimum absolute atomic E-state index is 0.269. The summed E-state index contributed by atoms with van der Waals surface area (Å²) in [5.74, 6) is 1.76. The number of benzene rings is 1. The van der Waals surface area contributed by atoms with Crippen LogP contribution in [0.2, 0.25) is 0 Å². The molecule has 20 heavy (non-hydrogen) atoms. The molecule has 2 aliphatic rings. The van der Waals surface area contributed by atoms with E-state index in [1.54, 1.807) is 5.56 Å². The van der Waals surface area contributed by atoms with E-state index < -0.39 is 0 Å². The van der Waals surface area contributed by atoms with Gasteiger partial charge in [-0.2, -0.15) is 0 Å². The van der Waals surface area contributed by atoms with Crippen molar-refractivity contribution in [2.24, 2.45) is 11.3 Å². The largest absolute Gasteiger partial charge is 0.312 e. The molecule has 0 aromatic heterocycles. The molecule has 0 aliphatic heterocycles. The molecule has 0 heterocycles. The van der Waals surface area contributed by atoms with Gasteiger partial charge in [-0.1, -0.05) is 30.3 Å². The molecule has 0 bridgehead atoms. The van der Waals surface area contributed by atoms with E-state index in [2.05, 4.69) is 56.4 Å². The van der Waals surface area contributed by atoms with Crippen LogP contribution in [0.15, 0.2) is 30.3 Å². The lowest BCUT2D eigenvalue weighted by atomic mass is 9.76. The van der Waals surface area contributed by atoms with Crippen LogP contribution in [0.5, 0.6) is 0 Å². The fraction of sp³-hybridized carbons (Fsp3) is 0.684. The molecule has 2 saturated carbocycles. The van der Waals surface area contributed by atoms with Gasteiger partial charge in [0.05, 0.1) is 0 Å². The zero-order valence-corrected chi connectivity index (χ0v) is 13.3. The first-order chi connectivity index (χ1) is 9.49. The highest BCUT2D eigenvalue weighted by atomic mass is 15.0. The highest BCUT2D eigenvalue weighted by molar-refractivity contribution is 5.21. The van der Waals surface area contributed by atoms with E-state index in [1.807, 2.05) is 0 Å². The van der Waals surface area contributed by atoms with Crippen molar-refractivity contribution < 1.29 is 0 Å². The monoisotopic (exact) mass is 271 g/mol. The number of nitrogens with one attached hydrogen (secondary N) is 1. The number of hydrogen-bond donors (Lipinski definition) is 1. The first-order valence-corrected chi connectivity index (χ1v) is 8.29. The van der Waals surface area contributed by atoms with Gasteiger partial charge in [-0.05, 0) is 82.2 Å². The normalized spacial score (nSPS) is 33.4. The van der Waals surface area contributed by atoms with Gasteiger partial charge in [0.1, 0.15) is 0 Å². The maximum absolute atomic E-state index is 3.70. The standard InChI is InChI=1S/C19H29N/c1-18(2,3)20-14-17-13-19(17)11-9-16(10-12-19)15-7-5-4-6-8-15/h4-8,16-17,20H,9-14H2,1-3H3. The third kappa shape index (κ3) is 3.09. The Kier molecular flexibility index (Phi) is 3.66. The van der Waals surface area contributed by atoms with Gasteiger partial charge >= 0.3 is 0 Å². The topological polar surface area (TPSA) is 12.0 Å². The Labute approximate surface area is 124 Å². The summed E-state index contributed by atoms with van der Waals surface area (Å²) in [6.45, 7) is 8.04. The summed E-state index contributed by atoms with van der Waals surface area (Å²) in [5.41, 5.74) is 2.54. The van der Waals surface area contributed by atoms with Gasteiger partial charge in [-0.3, -0.25) is 0 Å². The minimum atomic E-state index is 0.269. The second kappa shape index (κ2) is 5.18. The van der Waals surface area contributed by atoms with Crippen molar-refractivity contribution in [2.75, 3.05) is 6.54 Å². The van der Waals surface area contributed by atoms with Gasteiger partial charge in [0.15, 0.2) is 0 Å². The number of rotatable bonds is 3. The smallest absolute Gasteiger partial charge is 0.00966 e. The Morgan fingerprint density at radius 1 is 1.10 bits per heavy atom. The van der Waals surface area contributed by atoms with Crippen molar-refractivity contribution >= 4 is 0 Å². The second-order valence-corrected chi connectivity index (χ2v) is 8.08. The molecule has 0 amide bonds. The average molecular weight is 271 g/mol. The molecule has 1 heteroatoms. The fourth-order valence-electron chi connectivity index (χ4n) is 4.01. The van der Waals surface area contributed by atoms with Gasteiger partial charge in [0.2, 0.25) is 0 Å². The minimum Gasteiger partial charge on any atom is -0.312 e. The molecule has 1 nitrogen and oxygen atoms in total. The van der Waals surface area contributed by atoms with E-state index in [1.165, 1.54) is 38.6 Å². The Bertz CT molecular complexity index is 435. The zero-order chi connectivity index (χ0) is 14.2. The van der Waals surface area contributed by atoms with Crippen molar-refractivity contribution in [3.63, 3.8) is 0 Å². The van der Waals surface area contributed by atoms with Crippen LogP contribution in [-0.2, 0) is 0 Å². The molecular formula is C19H29N. The fourth-order valence-corrected chi connectivity index (χ4v) is 4.01. The highest BCUT2D eigenvalue weighted by Gasteiger charge is 2.54. The summed E-state index contributed by atoms with van der Waals surface area (Å²) in [6.07, 6.45) is 7.16. The summed E-state index contributed by atoms with van der Waals surface area (Å²) in [4.78, 5) is 0.